The predicted octanol–water partition coefficient (Wildman–Crippen LogP) is 1.80. The van der Waals surface area contributed by atoms with E-state index in [1.165, 1.54) is 0 Å². The molecule has 1 amide bonds. The number of primary amides is 1. The second kappa shape index (κ2) is 4.15. The quantitative estimate of drug-likeness (QED) is 0.900. The van der Waals surface area contributed by atoms with Crippen LogP contribution in [0.2, 0.25) is 0 Å². The van der Waals surface area contributed by atoms with Crippen molar-refractivity contribution in [1.29, 1.82) is 0 Å². The van der Waals surface area contributed by atoms with Crippen molar-refractivity contribution in [1.82, 2.24) is 4.98 Å². The normalized spacial score (nSPS) is 15.6. The topological polar surface area (TPSA) is 59.2 Å². The smallest absolute Gasteiger partial charge is 0.365 e. The molecule has 98 valence electrons. The lowest BCUT2D eigenvalue weighted by Gasteiger charge is -2.21. The Balaban J connectivity index is 2.47. The van der Waals surface area contributed by atoms with Crippen molar-refractivity contribution in [3.05, 3.63) is 23.4 Å². The van der Waals surface area contributed by atoms with E-state index < -0.39 is 17.8 Å². The van der Waals surface area contributed by atoms with Crippen LogP contribution in [0.15, 0.2) is 12.1 Å². The molecule has 7 heteroatoms. The van der Waals surface area contributed by atoms with E-state index in [4.69, 9.17) is 5.73 Å². The van der Waals surface area contributed by atoms with Crippen molar-refractivity contribution in [3.8, 4) is 0 Å². The van der Waals surface area contributed by atoms with Gasteiger partial charge in [0.25, 0.3) is 5.91 Å². The fraction of sp³-hybridized carbons (Fsp3) is 0.455. The van der Waals surface area contributed by atoms with Crippen LogP contribution in [-0.2, 0) is 6.18 Å². The number of pyridine rings is 1. The summed E-state index contributed by atoms with van der Waals surface area (Å²) in [6, 6.07) is 1.98. The van der Waals surface area contributed by atoms with E-state index in [-0.39, 0.29) is 17.4 Å². The number of carbonyl (C=O) groups is 1. The summed E-state index contributed by atoms with van der Waals surface area (Å²) in [4.78, 5) is 16.3. The van der Waals surface area contributed by atoms with Crippen LogP contribution in [0.5, 0.6) is 0 Å². The van der Waals surface area contributed by atoms with E-state index in [0.717, 1.165) is 25.0 Å². The number of hydrogen-bond acceptors (Lipinski definition) is 3. The molecule has 0 unspecified atom stereocenters. The highest BCUT2D eigenvalue weighted by Crippen LogP contribution is 2.34. The highest BCUT2D eigenvalue weighted by molar-refractivity contribution is 5.97. The molecule has 1 heterocycles. The van der Waals surface area contributed by atoms with Crippen molar-refractivity contribution in [3.63, 3.8) is 0 Å². The number of nitrogens with two attached hydrogens (primary N) is 1. The molecule has 18 heavy (non-hydrogen) atoms. The Morgan fingerprint density at radius 1 is 1.44 bits per heavy atom. The first-order chi connectivity index (χ1) is 8.30. The van der Waals surface area contributed by atoms with Gasteiger partial charge in [0, 0.05) is 13.1 Å². The van der Waals surface area contributed by atoms with E-state index in [1.54, 1.807) is 11.9 Å². The second-order valence-electron chi connectivity index (χ2n) is 4.27. The number of carbonyl (C=O) groups excluding carboxylic acids is 1. The maximum absolute atomic E-state index is 12.6. The largest absolute Gasteiger partial charge is 0.433 e. The first-order valence-electron chi connectivity index (χ1n) is 5.41. The number of anilines is 1. The summed E-state index contributed by atoms with van der Waals surface area (Å²) in [5, 5.41) is 0. The van der Waals surface area contributed by atoms with Crippen molar-refractivity contribution in [2.75, 3.05) is 11.9 Å². The second-order valence-corrected chi connectivity index (χ2v) is 4.27. The Morgan fingerprint density at radius 3 is 2.50 bits per heavy atom. The van der Waals surface area contributed by atoms with Crippen molar-refractivity contribution < 1.29 is 18.0 Å². The lowest BCUT2D eigenvalue weighted by molar-refractivity contribution is -0.141. The number of rotatable bonds is 3. The average molecular weight is 259 g/mol. The first kappa shape index (κ1) is 12.7. The van der Waals surface area contributed by atoms with Gasteiger partial charge < -0.3 is 10.6 Å². The van der Waals surface area contributed by atoms with E-state index in [0.29, 0.717) is 0 Å². The maximum atomic E-state index is 12.6. The van der Waals surface area contributed by atoms with Crippen molar-refractivity contribution in [2.45, 2.75) is 25.1 Å². The Morgan fingerprint density at radius 2 is 2.06 bits per heavy atom. The van der Waals surface area contributed by atoms with Gasteiger partial charge in [0.2, 0.25) is 0 Å². The van der Waals surface area contributed by atoms with Crippen molar-refractivity contribution >= 4 is 11.7 Å². The molecule has 2 rings (SSSR count). The van der Waals surface area contributed by atoms with E-state index in [1.807, 2.05) is 0 Å². The first-order valence-corrected chi connectivity index (χ1v) is 5.41. The summed E-state index contributed by atoms with van der Waals surface area (Å²) in [5.74, 6) is -0.779. The SMILES string of the molecule is CN(c1nc(C(F)(F)F)ccc1C(N)=O)C1CC1. The Labute approximate surface area is 102 Å². The van der Waals surface area contributed by atoms with Crippen LogP contribution in [0.25, 0.3) is 0 Å². The van der Waals surface area contributed by atoms with Gasteiger partial charge in [-0.15, -0.1) is 0 Å². The Bertz CT molecular complexity index is 483. The minimum atomic E-state index is -4.53. The molecule has 1 aliphatic carbocycles. The molecule has 0 aliphatic heterocycles. The highest BCUT2D eigenvalue weighted by atomic mass is 19.4. The summed E-state index contributed by atoms with van der Waals surface area (Å²) in [6.45, 7) is 0. The molecule has 0 atom stereocenters. The fourth-order valence-corrected chi connectivity index (χ4v) is 1.70. The van der Waals surface area contributed by atoms with Gasteiger partial charge in [-0.25, -0.2) is 4.98 Å². The fourth-order valence-electron chi connectivity index (χ4n) is 1.70. The molecule has 2 N–H and O–H groups in total. The van der Waals surface area contributed by atoms with E-state index in [9.17, 15) is 18.0 Å². The minimum Gasteiger partial charge on any atom is -0.365 e. The van der Waals surface area contributed by atoms with Crippen LogP contribution in [0.1, 0.15) is 28.9 Å². The van der Waals surface area contributed by atoms with Crippen molar-refractivity contribution in [2.24, 2.45) is 5.73 Å². The molecule has 1 fully saturated rings. The lowest BCUT2D eigenvalue weighted by atomic mass is 10.2. The summed E-state index contributed by atoms with van der Waals surface area (Å²) < 4.78 is 37.8. The predicted molar refractivity (Wildman–Crippen MR) is 59.2 cm³/mol. The molecule has 0 spiro atoms. The summed E-state index contributed by atoms with van der Waals surface area (Å²) in [7, 11) is 1.62. The highest BCUT2D eigenvalue weighted by Gasteiger charge is 2.35. The summed E-state index contributed by atoms with van der Waals surface area (Å²) in [6.07, 6.45) is -2.77. The van der Waals surface area contributed by atoms with Gasteiger partial charge in [-0.05, 0) is 25.0 Å². The molecular formula is C11H12F3N3O. The minimum absolute atomic E-state index is 0.000162. The van der Waals surface area contributed by atoms with Gasteiger partial charge in [0.1, 0.15) is 11.5 Å². The van der Waals surface area contributed by atoms with Crippen LogP contribution in [0.3, 0.4) is 0 Å². The molecule has 4 nitrogen and oxygen atoms in total. The van der Waals surface area contributed by atoms with Crippen LogP contribution in [0.4, 0.5) is 19.0 Å². The van der Waals surface area contributed by atoms with Gasteiger partial charge >= 0.3 is 6.18 Å². The molecule has 0 aromatic carbocycles. The zero-order chi connectivity index (χ0) is 13.5. The third-order valence-corrected chi connectivity index (χ3v) is 2.86. The van der Waals surface area contributed by atoms with Gasteiger partial charge in [0.15, 0.2) is 0 Å². The number of hydrogen-bond donors (Lipinski definition) is 1. The monoisotopic (exact) mass is 259 g/mol. The number of halogens is 3. The Kier molecular flexibility index (Phi) is 2.92. The van der Waals surface area contributed by atoms with Crippen LogP contribution in [0, 0.1) is 0 Å². The van der Waals surface area contributed by atoms with E-state index in [2.05, 4.69) is 4.98 Å². The molecule has 0 radical (unpaired) electrons. The van der Waals surface area contributed by atoms with Crippen LogP contribution < -0.4 is 10.6 Å². The number of nitrogens with zero attached hydrogens (tertiary/aromatic N) is 2. The summed E-state index contributed by atoms with van der Waals surface area (Å²) >= 11 is 0. The van der Waals surface area contributed by atoms with Gasteiger partial charge in [-0.3, -0.25) is 4.79 Å². The zero-order valence-electron chi connectivity index (χ0n) is 9.66. The van der Waals surface area contributed by atoms with Crippen LogP contribution in [-0.4, -0.2) is 24.0 Å². The molecular weight excluding hydrogens is 247 g/mol. The molecule has 0 bridgehead atoms. The average Bonchev–Trinajstić information content (AvgIpc) is 3.09. The standard InChI is InChI=1S/C11H12F3N3O/c1-17(6-2-3-6)10-7(9(15)18)4-5-8(16-10)11(12,13)14/h4-6H,2-3H2,1H3,(H2,15,18). The third-order valence-electron chi connectivity index (χ3n) is 2.86. The molecule has 1 saturated carbocycles. The van der Waals surface area contributed by atoms with Gasteiger partial charge in [-0.2, -0.15) is 13.2 Å². The molecule has 1 aromatic heterocycles. The lowest BCUT2D eigenvalue weighted by Crippen LogP contribution is -2.26. The van der Waals surface area contributed by atoms with Crippen LogP contribution >= 0.6 is 0 Å². The van der Waals surface area contributed by atoms with Gasteiger partial charge in [-0.1, -0.05) is 0 Å². The van der Waals surface area contributed by atoms with Gasteiger partial charge in [0.05, 0.1) is 5.56 Å². The number of aromatic nitrogens is 1. The number of amides is 1. The zero-order valence-corrected chi connectivity index (χ0v) is 9.66. The molecule has 0 saturated heterocycles. The molecule has 1 aromatic rings. The summed E-state index contributed by atoms with van der Waals surface area (Å²) in [5.41, 5.74) is 4.14. The molecule has 1 aliphatic rings. The maximum Gasteiger partial charge on any atom is 0.433 e. The van der Waals surface area contributed by atoms with E-state index >= 15 is 0 Å². The number of alkyl halides is 3. The third kappa shape index (κ3) is 2.39. The Hall–Kier alpha value is -1.79.